The number of aliphatic imine (C=N–C) groups is 1. The smallest absolute Gasteiger partial charge is 0.283 e. The molecule has 3 rings (SSSR count). The second-order valence-electron chi connectivity index (χ2n) is 5.69. The number of hydroxylamine groups is 1. The van der Waals surface area contributed by atoms with Crippen LogP contribution >= 0.6 is 0 Å². The molecule has 1 aliphatic rings. The summed E-state index contributed by atoms with van der Waals surface area (Å²) >= 11 is 0. The van der Waals surface area contributed by atoms with E-state index in [0.717, 1.165) is 11.1 Å². The highest BCUT2D eigenvalue weighted by molar-refractivity contribution is 6.08. The highest BCUT2D eigenvalue weighted by atomic mass is 16.7. The van der Waals surface area contributed by atoms with Crippen LogP contribution in [0.2, 0.25) is 0 Å². The predicted molar refractivity (Wildman–Crippen MR) is 96.2 cm³/mol. The standard InChI is InChI=1S/C20H18N2O3/c1-13(2)19(23)17-10-9-16(11-14(17)3)24-12-18-21-20(22-25-18)15-7-5-4-6-8-15/h4-12H,1H2,2-3H3,(H,21,22). The molecule has 5 heteroatoms. The summed E-state index contributed by atoms with van der Waals surface area (Å²) in [7, 11) is 0. The molecular formula is C20H18N2O3. The molecule has 126 valence electrons. The van der Waals surface area contributed by atoms with Crippen molar-refractivity contribution >= 4 is 11.6 Å². The van der Waals surface area contributed by atoms with E-state index in [9.17, 15) is 4.79 Å². The van der Waals surface area contributed by atoms with Crippen molar-refractivity contribution in [1.82, 2.24) is 5.48 Å². The Hall–Kier alpha value is -3.34. The van der Waals surface area contributed by atoms with Crippen LogP contribution in [0.5, 0.6) is 5.75 Å². The van der Waals surface area contributed by atoms with Gasteiger partial charge in [-0.3, -0.25) is 4.79 Å². The summed E-state index contributed by atoms with van der Waals surface area (Å²) in [6, 6.07) is 14.9. The lowest BCUT2D eigenvalue weighted by atomic mass is 10.0. The van der Waals surface area contributed by atoms with Gasteiger partial charge < -0.3 is 9.57 Å². The number of nitrogens with one attached hydrogen (secondary N) is 1. The molecule has 0 amide bonds. The molecule has 2 aromatic rings. The number of amidine groups is 1. The Morgan fingerprint density at radius 3 is 2.68 bits per heavy atom. The molecular weight excluding hydrogens is 316 g/mol. The third-order valence-electron chi connectivity index (χ3n) is 3.65. The van der Waals surface area contributed by atoms with E-state index in [1.54, 1.807) is 25.1 Å². The highest BCUT2D eigenvalue weighted by Crippen LogP contribution is 2.20. The van der Waals surface area contributed by atoms with E-state index in [0.29, 0.717) is 28.6 Å². The van der Waals surface area contributed by atoms with Crippen LogP contribution in [-0.2, 0) is 4.84 Å². The molecule has 0 aliphatic carbocycles. The van der Waals surface area contributed by atoms with Crippen molar-refractivity contribution < 1.29 is 14.4 Å². The zero-order chi connectivity index (χ0) is 17.8. The number of ether oxygens (including phenoxy) is 1. The molecule has 0 bridgehead atoms. The number of aryl methyl sites for hydroxylation is 1. The summed E-state index contributed by atoms with van der Waals surface area (Å²) in [6.45, 7) is 7.24. The molecule has 1 heterocycles. The normalized spacial score (nSPS) is 14.5. The van der Waals surface area contributed by atoms with Crippen molar-refractivity contribution in [3.8, 4) is 5.75 Å². The van der Waals surface area contributed by atoms with Gasteiger partial charge in [-0.25, -0.2) is 5.48 Å². The van der Waals surface area contributed by atoms with E-state index >= 15 is 0 Å². The third kappa shape index (κ3) is 3.77. The molecule has 0 atom stereocenters. The fourth-order valence-corrected chi connectivity index (χ4v) is 2.34. The van der Waals surface area contributed by atoms with Gasteiger partial charge in [0.1, 0.15) is 5.75 Å². The fraction of sp³-hybridized carbons (Fsp3) is 0.100. The Kier molecular flexibility index (Phi) is 4.66. The lowest BCUT2D eigenvalue weighted by Crippen LogP contribution is -2.17. The van der Waals surface area contributed by atoms with Crippen LogP contribution in [0.4, 0.5) is 0 Å². The number of hydrogen-bond acceptors (Lipinski definition) is 5. The molecule has 0 saturated heterocycles. The van der Waals surface area contributed by atoms with Gasteiger partial charge in [-0.05, 0) is 43.2 Å². The van der Waals surface area contributed by atoms with Gasteiger partial charge in [0.05, 0.1) is 0 Å². The zero-order valence-electron chi connectivity index (χ0n) is 14.1. The minimum atomic E-state index is -0.0668. The molecule has 1 aliphatic heterocycles. The lowest BCUT2D eigenvalue weighted by Gasteiger charge is -2.07. The molecule has 0 spiro atoms. The number of carbonyl (C=O) groups is 1. The monoisotopic (exact) mass is 334 g/mol. The number of rotatable bonds is 5. The van der Waals surface area contributed by atoms with E-state index in [1.165, 1.54) is 6.26 Å². The van der Waals surface area contributed by atoms with Gasteiger partial charge in [-0.1, -0.05) is 36.9 Å². The lowest BCUT2D eigenvalue weighted by molar-refractivity contribution is 0.103. The first kappa shape index (κ1) is 16.5. The zero-order valence-corrected chi connectivity index (χ0v) is 14.1. The number of allylic oxidation sites excluding steroid dienone is 1. The second kappa shape index (κ2) is 7.05. The van der Waals surface area contributed by atoms with Crippen molar-refractivity contribution in [1.29, 1.82) is 0 Å². The van der Waals surface area contributed by atoms with Crippen LogP contribution < -0.4 is 10.2 Å². The van der Waals surface area contributed by atoms with Crippen molar-refractivity contribution in [2.75, 3.05) is 0 Å². The first-order chi connectivity index (χ1) is 12.0. The summed E-state index contributed by atoms with van der Waals surface area (Å²) in [6.07, 6.45) is 1.41. The number of nitrogens with zero attached hydrogens (tertiary/aromatic N) is 1. The van der Waals surface area contributed by atoms with Gasteiger partial charge in [0.15, 0.2) is 17.9 Å². The maximum absolute atomic E-state index is 12.0. The summed E-state index contributed by atoms with van der Waals surface area (Å²) < 4.78 is 5.58. The Morgan fingerprint density at radius 1 is 1.24 bits per heavy atom. The molecule has 5 nitrogen and oxygen atoms in total. The Labute approximate surface area is 146 Å². The van der Waals surface area contributed by atoms with Crippen LogP contribution in [0.15, 0.2) is 77.8 Å². The van der Waals surface area contributed by atoms with Crippen molar-refractivity contribution in [3.63, 3.8) is 0 Å². The SMILES string of the molecule is C=C(C)C(=O)c1ccc(OC=C2N=C(c3ccccc3)NO2)cc1C. The van der Waals surface area contributed by atoms with E-state index < -0.39 is 0 Å². The number of benzene rings is 2. The van der Waals surface area contributed by atoms with Crippen molar-refractivity contribution in [3.05, 3.63) is 89.5 Å². The van der Waals surface area contributed by atoms with Gasteiger partial charge in [0, 0.05) is 11.1 Å². The third-order valence-corrected chi connectivity index (χ3v) is 3.65. The Balaban J connectivity index is 1.72. The summed E-state index contributed by atoms with van der Waals surface area (Å²) in [5.74, 6) is 1.46. The fourth-order valence-electron chi connectivity index (χ4n) is 2.34. The van der Waals surface area contributed by atoms with E-state index in [-0.39, 0.29) is 5.78 Å². The van der Waals surface area contributed by atoms with Gasteiger partial charge in [0.25, 0.3) is 5.88 Å². The summed E-state index contributed by atoms with van der Waals surface area (Å²) in [4.78, 5) is 21.6. The molecule has 0 fully saturated rings. The van der Waals surface area contributed by atoms with Gasteiger partial charge in [-0.2, -0.15) is 4.99 Å². The molecule has 25 heavy (non-hydrogen) atoms. The van der Waals surface area contributed by atoms with E-state index in [4.69, 9.17) is 9.57 Å². The topological polar surface area (TPSA) is 59.9 Å². The average molecular weight is 334 g/mol. The summed E-state index contributed by atoms with van der Waals surface area (Å²) in [5, 5.41) is 0. The molecule has 0 aromatic heterocycles. The maximum Gasteiger partial charge on any atom is 0.283 e. The van der Waals surface area contributed by atoms with Crippen LogP contribution in [0.1, 0.15) is 28.4 Å². The maximum atomic E-state index is 12.0. The second-order valence-corrected chi connectivity index (χ2v) is 5.69. The Morgan fingerprint density at radius 2 is 2.00 bits per heavy atom. The van der Waals surface area contributed by atoms with Gasteiger partial charge >= 0.3 is 0 Å². The molecule has 1 N–H and O–H groups in total. The average Bonchev–Trinajstić information content (AvgIpc) is 3.09. The number of ketones is 1. The van der Waals surface area contributed by atoms with E-state index in [1.807, 2.05) is 37.3 Å². The van der Waals surface area contributed by atoms with Gasteiger partial charge in [0.2, 0.25) is 0 Å². The first-order valence-electron chi connectivity index (χ1n) is 7.79. The number of Topliss-reactive ketones (excluding diaryl/α,β-unsaturated/α-hetero) is 1. The molecule has 0 radical (unpaired) electrons. The first-order valence-corrected chi connectivity index (χ1v) is 7.79. The number of hydrogen-bond donors (Lipinski definition) is 1. The quantitative estimate of drug-likeness (QED) is 0.511. The Bertz CT molecular complexity index is 883. The molecule has 0 saturated carbocycles. The molecule has 0 unspecified atom stereocenters. The number of carbonyl (C=O) groups excluding carboxylic acids is 1. The minimum Gasteiger partial charge on any atom is -0.459 e. The van der Waals surface area contributed by atoms with Gasteiger partial charge in [-0.15, -0.1) is 0 Å². The van der Waals surface area contributed by atoms with Crippen molar-refractivity contribution in [2.24, 2.45) is 4.99 Å². The van der Waals surface area contributed by atoms with E-state index in [2.05, 4.69) is 17.1 Å². The van der Waals surface area contributed by atoms with Crippen molar-refractivity contribution in [2.45, 2.75) is 13.8 Å². The van der Waals surface area contributed by atoms with Crippen LogP contribution in [0.25, 0.3) is 0 Å². The summed E-state index contributed by atoms with van der Waals surface area (Å²) in [5.41, 5.74) is 5.62. The highest BCUT2D eigenvalue weighted by Gasteiger charge is 2.14. The largest absolute Gasteiger partial charge is 0.459 e. The predicted octanol–water partition coefficient (Wildman–Crippen LogP) is 3.91. The van der Waals surface area contributed by atoms with Crippen LogP contribution in [-0.4, -0.2) is 11.6 Å². The van der Waals surface area contributed by atoms with Crippen LogP contribution in [0, 0.1) is 6.92 Å². The molecule has 2 aromatic carbocycles. The minimum absolute atomic E-state index is 0.0668. The van der Waals surface area contributed by atoms with Crippen LogP contribution in [0.3, 0.4) is 0 Å².